The fourth-order valence-corrected chi connectivity index (χ4v) is 3.79. The topological polar surface area (TPSA) is 24.3 Å². The Labute approximate surface area is 126 Å². The van der Waals surface area contributed by atoms with E-state index in [0.29, 0.717) is 12.1 Å². The molecule has 0 saturated carbocycles. The van der Waals surface area contributed by atoms with Gasteiger partial charge in [0.25, 0.3) is 0 Å². The van der Waals surface area contributed by atoms with Gasteiger partial charge in [-0.05, 0) is 24.9 Å². The van der Waals surface area contributed by atoms with Crippen LogP contribution < -0.4 is 4.90 Å². The van der Waals surface area contributed by atoms with E-state index in [0.717, 1.165) is 18.9 Å². The molecule has 2 atom stereocenters. The highest BCUT2D eigenvalue weighted by molar-refractivity contribution is 5.43. The van der Waals surface area contributed by atoms with Crippen molar-refractivity contribution in [2.24, 2.45) is 7.05 Å². The summed E-state index contributed by atoms with van der Waals surface area (Å²) in [5, 5.41) is 4.65. The van der Waals surface area contributed by atoms with Crippen LogP contribution in [0.25, 0.3) is 0 Å². The largest absolute Gasteiger partial charge is 0.345 e. The van der Waals surface area contributed by atoms with Crippen LogP contribution in [-0.4, -0.2) is 40.4 Å². The SMILES string of the molecule is Cn1ccc(N2CC3CCCN3CC2c2ccccc2)n1. The van der Waals surface area contributed by atoms with Crippen LogP contribution in [0.3, 0.4) is 0 Å². The summed E-state index contributed by atoms with van der Waals surface area (Å²) >= 11 is 0. The van der Waals surface area contributed by atoms with Crippen molar-refractivity contribution in [2.45, 2.75) is 24.9 Å². The van der Waals surface area contributed by atoms with Gasteiger partial charge in [-0.3, -0.25) is 9.58 Å². The summed E-state index contributed by atoms with van der Waals surface area (Å²) in [6, 6.07) is 14.1. The summed E-state index contributed by atoms with van der Waals surface area (Å²) in [6.45, 7) is 3.46. The minimum Gasteiger partial charge on any atom is -0.345 e. The molecule has 4 heteroatoms. The summed E-state index contributed by atoms with van der Waals surface area (Å²) in [7, 11) is 1.99. The zero-order chi connectivity index (χ0) is 14.2. The van der Waals surface area contributed by atoms with E-state index in [1.165, 1.54) is 24.9 Å². The molecule has 2 aliphatic heterocycles. The summed E-state index contributed by atoms with van der Waals surface area (Å²) in [5.74, 6) is 1.11. The summed E-state index contributed by atoms with van der Waals surface area (Å²) in [6.07, 6.45) is 4.70. The van der Waals surface area contributed by atoms with E-state index in [4.69, 9.17) is 0 Å². The first-order valence-corrected chi connectivity index (χ1v) is 7.86. The molecule has 0 N–H and O–H groups in total. The van der Waals surface area contributed by atoms with Gasteiger partial charge in [-0.1, -0.05) is 30.3 Å². The Hall–Kier alpha value is -1.81. The number of piperazine rings is 1. The van der Waals surface area contributed by atoms with Crippen molar-refractivity contribution in [3.05, 3.63) is 48.2 Å². The molecule has 0 aliphatic carbocycles. The van der Waals surface area contributed by atoms with Gasteiger partial charge in [-0.25, -0.2) is 0 Å². The van der Waals surface area contributed by atoms with Crippen LogP contribution in [0, 0.1) is 0 Å². The highest BCUT2D eigenvalue weighted by atomic mass is 15.4. The highest BCUT2D eigenvalue weighted by Crippen LogP contribution is 2.35. The van der Waals surface area contributed by atoms with Crippen molar-refractivity contribution in [1.29, 1.82) is 0 Å². The van der Waals surface area contributed by atoms with Crippen LogP contribution in [0.1, 0.15) is 24.4 Å². The minimum atomic E-state index is 0.412. The second-order valence-electron chi connectivity index (χ2n) is 6.22. The zero-order valence-corrected chi connectivity index (χ0v) is 12.5. The van der Waals surface area contributed by atoms with Gasteiger partial charge in [0.1, 0.15) is 0 Å². The number of aryl methyl sites for hydroxylation is 1. The molecule has 3 heterocycles. The average molecular weight is 282 g/mol. The first-order valence-electron chi connectivity index (χ1n) is 7.86. The quantitative estimate of drug-likeness (QED) is 0.845. The molecule has 0 spiro atoms. The lowest BCUT2D eigenvalue weighted by atomic mass is 10.00. The first kappa shape index (κ1) is 12.9. The summed E-state index contributed by atoms with van der Waals surface area (Å²) in [5.41, 5.74) is 1.40. The number of anilines is 1. The van der Waals surface area contributed by atoms with E-state index in [1.807, 2.05) is 17.9 Å². The second kappa shape index (κ2) is 5.19. The van der Waals surface area contributed by atoms with Gasteiger partial charge in [-0.2, -0.15) is 5.10 Å². The lowest BCUT2D eigenvalue weighted by molar-refractivity contribution is 0.197. The standard InChI is InChI=1S/C17H22N4/c1-19-11-9-17(18-19)21-12-15-8-5-10-20(15)13-16(21)14-6-3-2-4-7-14/h2-4,6-7,9,11,15-16H,5,8,10,12-13H2,1H3. The van der Waals surface area contributed by atoms with Crippen molar-refractivity contribution in [1.82, 2.24) is 14.7 Å². The van der Waals surface area contributed by atoms with Crippen molar-refractivity contribution in [3.8, 4) is 0 Å². The van der Waals surface area contributed by atoms with E-state index >= 15 is 0 Å². The molecule has 2 unspecified atom stereocenters. The molecular weight excluding hydrogens is 260 g/mol. The maximum Gasteiger partial charge on any atom is 0.151 e. The fraction of sp³-hybridized carbons (Fsp3) is 0.471. The molecule has 2 fully saturated rings. The molecule has 2 aromatic rings. The number of nitrogens with zero attached hydrogens (tertiary/aromatic N) is 4. The number of fused-ring (bicyclic) bond motifs is 1. The van der Waals surface area contributed by atoms with Gasteiger partial charge >= 0.3 is 0 Å². The van der Waals surface area contributed by atoms with Crippen molar-refractivity contribution < 1.29 is 0 Å². The van der Waals surface area contributed by atoms with Crippen LogP contribution in [0.15, 0.2) is 42.6 Å². The Morgan fingerprint density at radius 2 is 1.95 bits per heavy atom. The Bertz CT molecular complexity index is 606. The smallest absolute Gasteiger partial charge is 0.151 e. The minimum absolute atomic E-state index is 0.412. The molecule has 0 radical (unpaired) electrons. The Morgan fingerprint density at radius 1 is 1.10 bits per heavy atom. The lowest BCUT2D eigenvalue weighted by Gasteiger charge is -2.44. The Morgan fingerprint density at radius 3 is 2.71 bits per heavy atom. The predicted molar refractivity (Wildman–Crippen MR) is 84.3 cm³/mol. The summed E-state index contributed by atoms with van der Waals surface area (Å²) < 4.78 is 1.90. The third kappa shape index (κ3) is 2.33. The van der Waals surface area contributed by atoms with E-state index in [2.05, 4.69) is 51.3 Å². The fourth-order valence-electron chi connectivity index (χ4n) is 3.79. The molecule has 0 bridgehead atoms. The molecule has 2 aliphatic rings. The number of hydrogen-bond donors (Lipinski definition) is 0. The molecule has 0 amide bonds. The molecule has 21 heavy (non-hydrogen) atoms. The zero-order valence-electron chi connectivity index (χ0n) is 12.5. The van der Waals surface area contributed by atoms with Crippen LogP contribution in [-0.2, 0) is 7.05 Å². The summed E-state index contributed by atoms with van der Waals surface area (Å²) in [4.78, 5) is 5.17. The van der Waals surface area contributed by atoms with E-state index in [-0.39, 0.29) is 0 Å². The van der Waals surface area contributed by atoms with Crippen LogP contribution >= 0.6 is 0 Å². The highest BCUT2D eigenvalue weighted by Gasteiger charge is 2.37. The normalized spacial score (nSPS) is 26.0. The first-order chi connectivity index (χ1) is 10.3. The van der Waals surface area contributed by atoms with Gasteiger partial charge in [0, 0.05) is 38.4 Å². The number of benzene rings is 1. The van der Waals surface area contributed by atoms with Gasteiger partial charge in [0.05, 0.1) is 6.04 Å². The third-order valence-corrected chi connectivity index (χ3v) is 4.87. The van der Waals surface area contributed by atoms with Gasteiger partial charge in [0.2, 0.25) is 0 Å². The van der Waals surface area contributed by atoms with Crippen molar-refractivity contribution in [2.75, 3.05) is 24.5 Å². The lowest BCUT2D eigenvalue weighted by Crippen LogP contribution is -2.52. The van der Waals surface area contributed by atoms with Gasteiger partial charge < -0.3 is 4.90 Å². The van der Waals surface area contributed by atoms with Gasteiger partial charge in [0.15, 0.2) is 5.82 Å². The second-order valence-corrected chi connectivity index (χ2v) is 6.22. The monoisotopic (exact) mass is 282 g/mol. The average Bonchev–Trinajstić information content (AvgIpc) is 3.15. The van der Waals surface area contributed by atoms with Gasteiger partial charge in [-0.15, -0.1) is 0 Å². The number of hydrogen-bond acceptors (Lipinski definition) is 3. The molecule has 110 valence electrons. The molecule has 4 rings (SSSR count). The van der Waals surface area contributed by atoms with E-state index in [9.17, 15) is 0 Å². The Balaban J connectivity index is 1.69. The maximum absolute atomic E-state index is 4.65. The maximum atomic E-state index is 4.65. The molecule has 2 saturated heterocycles. The molecule has 4 nitrogen and oxygen atoms in total. The molecule has 1 aromatic carbocycles. The Kier molecular flexibility index (Phi) is 3.19. The van der Waals surface area contributed by atoms with Crippen molar-refractivity contribution >= 4 is 5.82 Å². The number of aromatic nitrogens is 2. The molecule has 1 aromatic heterocycles. The van der Waals surface area contributed by atoms with Crippen molar-refractivity contribution in [3.63, 3.8) is 0 Å². The van der Waals surface area contributed by atoms with Crippen LogP contribution in [0.2, 0.25) is 0 Å². The van der Waals surface area contributed by atoms with Crippen LogP contribution in [0.4, 0.5) is 5.82 Å². The number of rotatable bonds is 2. The van der Waals surface area contributed by atoms with E-state index in [1.54, 1.807) is 0 Å². The molecular formula is C17H22N4. The third-order valence-electron chi connectivity index (χ3n) is 4.87. The predicted octanol–water partition coefficient (Wildman–Crippen LogP) is 2.45. The van der Waals surface area contributed by atoms with Crippen LogP contribution in [0.5, 0.6) is 0 Å². The van der Waals surface area contributed by atoms with E-state index < -0.39 is 0 Å².